The number of hydrogen-bond donors (Lipinski definition) is 1. The zero-order chi connectivity index (χ0) is 19.3. The van der Waals surface area contributed by atoms with Crippen molar-refractivity contribution in [2.45, 2.75) is 31.0 Å². The largest absolute Gasteiger partial charge is 0.493 e. The van der Waals surface area contributed by atoms with E-state index in [1.54, 1.807) is 26.4 Å². The fraction of sp³-hybridized carbons (Fsp3) is 0.476. The van der Waals surface area contributed by atoms with Gasteiger partial charge >= 0.3 is 0 Å². The summed E-state index contributed by atoms with van der Waals surface area (Å²) in [4.78, 5) is 13.1. The molecule has 1 fully saturated rings. The third-order valence-electron chi connectivity index (χ3n) is 6.24. The molecule has 0 unspecified atom stereocenters. The standard InChI is InChI=1S/C21H24O6/c1-5-6-12-9-21(25-4)11(2)16(17(18(12)22)20(21)23)13-7-14(24-3)19-15(8-13)26-10-27-19/h5,7-9,11,16-17,20,23H,1,6,10H2,2-4H3/t11-,16+,17+,20-,21-/m1/s1. The topological polar surface area (TPSA) is 74.2 Å². The molecule has 2 aliphatic carbocycles. The molecule has 5 atom stereocenters. The molecule has 1 aromatic rings. The van der Waals surface area contributed by atoms with Crippen LogP contribution in [0.5, 0.6) is 17.2 Å². The van der Waals surface area contributed by atoms with Crippen LogP contribution < -0.4 is 14.2 Å². The van der Waals surface area contributed by atoms with Crippen LogP contribution in [-0.4, -0.2) is 43.6 Å². The predicted octanol–water partition coefficient (Wildman–Crippen LogP) is 2.60. The van der Waals surface area contributed by atoms with Crippen molar-refractivity contribution in [3.63, 3.8) is 0 Å². The van der Waals surface area contributed by atoms with Gasteiger partial charge in [0.1, 0.15) is 5.60 Å². The normalized spacial score (nSPS) is 33.8. The van der Waals surface area contributed by atoms with Crippen molar-refractivity contribution in [3.8, 4) is 17.2 Å². The lowest BCUT2D eigenvalue weighted by Gasteiger charge is -2.36. The lowest BCUT2D eigenvalue weighted by Crippen LogP contribution is -2.48. The molecule has 6 nitrogen and oxygen atoms in total. The van der Waals surface area contributed by atoms with Crippen LogP contribution in [0.3, 0.4) is 0 Å². The first-order valence-electron chi connectivity index (χ1n) is 9.06. The summed E-state index contributed by atoms with van der Waals surface area (Å²) in [7, 11) is 3.15. The summed E-state index contributed by atoms with van der Waals surface area (Å²) >= 11 is 0. The minimum Gasteiger partial charge on any atom is -0.493 e. The molecule has 144 valence electrons. The average molecular weight is 372 g/mol. The summed E-state index contributed by atoms with van der Waals surface area (Å²) in [5.41, 5.74) is 0.600. The Hall–Kier alpha value is -2.31. The number of rotatable bonds is 5. The van der Waals surface area contributed by atoms with Crippen molar-refractivity contribution in [2.75, 3.05) is 21.0 Å². The minimum absolute atomic E-state index is 0.0546. The van der Waals surface area contributed by atoms with E-state index >= 15 is 0 Å². The van der Waals surface area contributed by atoms with E-state index in [1.807, 2.05) is 19.1 Å². The summed E-state index contributed by atoms with van der Waals surface area (Å²) in [5.74, 6) is 0.694. The fourth-order valence-electron chi connectivity index (χ4n) is 4.94. The van der Waals surface area contributed by atoms with Gasteiger partial charge in [0.2, 0.25) is 12.5 Å². The Morgan fingerprint density at radius 3 is 2.78 bits per heavy atom. The highest BCUT2D eigenvalue weighted by atomic mass is 16.7. The Bertz CT molecular complexity index is 828. The molecule has 4 rings (SSSR count). The second-order valence-electron chi connectivity index (χ2n) is 7.33. The van der Waals surface area contributed by atoms with E-state index in [0.717, 1.165) is 5.56 Å². The molecule has 6 heteroatoms. The Morgan fingerprint density at radius 1 is 1.33 bits per heavy atom. The lowest BCUT2D eigenvalue weighted by atomic mass is 9.79. The molecule has 0 amide bonds. The minimum atomic E-state index is -0.917. The maximum absolute atomic E-state index is 13.1. The van der Waals surface area contributed by atoms with Gasteiger partial charge in [-0.15, -0.1) is 6.58 Å². The molecule has 0 spiro atoms. The third kappa shape index (κ3) is 2.36. The van der Waals surface area contributed by atoms with Crippen LogP contribution in [0.15, 0.2) is 36.4 Å². The Morgan fingerprint density at radius 2 is 2.11 bits per heavy atom. The van der Waals surface area contributed by atoms with Crippen LogP contribution in [0.4, 0.5) is 0 Å². The molecule has 27 heavy (non-hydrogen) atoms. The first-order valence-corrected chi connectivity index (χ1v) is 9.06. The van der Waals surface area contributed by atoms with E-state index in [-0.39, 0.29) is 24.4 Å². The van der Waals surface area contributed by atoms with Gasteiger partial charge in [-0.05, 0) is 41.7 Å². The zero-order valence-corrected chi connectivity index (χ0v) is 15.7. The van der Waals surface area contributed by atoms with E-state index < -0.39 is 17.6 Å². The number of fused-ring (bicyclic) bond motifs is 3. The highest BCUT2D eigenvalue weighted by Gasteiger charge is 2.63. The molecule has 1 aromatic carbocycles. The van der Waals surface area contributed by atoms with Gasteiger partial charge in [-0.25, -0.2) is 0 Å². The van der Waals surface area contributed by atoms with Crippen LogP contribution in [0.2, 0.25) is 0 Å². The second-order valence-corrected chi connectivity index (χ2v) is 7.33. The molecule has 1 heterocycles. The number of allylic oxidation sites excluding steroid dienone is 2. The lowest BCUT2D eigenvalue weighted by molar-refractivity contribution is -0.130. The fourth-order valence-corrected chi connectivity index (χ4v) is 4.94. The molecular weight excluding hydrogens is 348 g/mol. The van der Waals surface area contributed by atoms with E-state index in [4.69, 9.17) is 18.9 Å². The van der Waals surface area contributed by atoms with Crippen molar-refractivity contribution in [2.24, 2.45) is 11.8 Å². The van der Waals surface area contributed by atoms with Crippen molar-refractivity contribution in [3.05, 3.63) is 42.0 Å². The second kappa shape index (κ2) is 6.39. The van der Waals surface area contributed by atoms with Crippen molar-refractivity contribution in [1.29, 1.82) is 0 Å². The highest BCUT2D eigenvalue weighted by molar-refractivity contribution is 6.00. The number of ketones is 1. The molecule has 1 aliphatic heterocycles. The number of hydrogen-bond acceptors (Lipinski definition) is 6. The Kier molecular flexibility index (Phi) is 4.28. The Labute approximate surface area is 158 Å². The third-order valence-corrected chi connectivity index (χ3v) is 6.24. The quantitative estimate of drug-likeness (QED) is 0.801. The molecule has 0 saturated heterocycles. The monoisotopic (exact) mass is 372 g/mol. The molecule has 1 saturated carbocycles. The van der Waals surface area contributed by atoms with Crippen molar-refractivity contribution >= 4 is 5.78 Å². The molecular formula is C21H24O6. The van der Waals surface area contributed by atoms with E-state index in [9.17, 15) is 9.90 Å². The molecule has 1 N–H and O–H groups in total. The smallest absolute Gasteiger partial charge is 0.231 e. The maximum atomic E-state index is 13.1. The van der Waals surface area contributed by atoms with Gasteiger partial charge in [0.15, 0.2) is 17.3 Å². The van der Waals surface area contributed by atoms with Gasteiger partial charge in [0.05, 0.1) is 19.1 Å². The van der Waals surface area contributed by atoms with Gasteiger partial charge < -0.3 is 24.1 Å². The van der Waals surface area contributed by atoms with Crippen molar-refractivity contribution < 1.29 is 28.8 Å². The Balaban J connectivity index is 1.84. The summed E-state index contributed by atoms with van der Waals surface area (Å²) in [6.07, 6.45) is 3.04. The van der Waals surface area contributed by atoms with Crippen molar-refractivity contribution in [1.82, 2.24) is 0 Å². The van der Waals surface area contributed by atoms with E-state index in [0.29, 0.717) is 29.2 Å². The number of carbonyl (C=O) groups excluding carboxylic acids is 1. The first-order chi connectivity index (χ1) is 13.0. The average Bonchev–Trinajstić information content (AvgIpc) is 3.20. The van der Waals surface area contributed by atoms with Crippen LogP contribution >= 0.6 is 0 Å². The van der Waals surface area contributed by atoms with Gasteiger partial charge in [-0.3, -0.25) is 4.79 Å². The molecule has 2 bridgehead atoms. The maximum Gasteiger partial charge on any atom is 0.231 e. The zero-order valence-electron chi connectivity index (χ0n) is 15.7. The van der Waals surface area contributed by atoms with Gasteiger partial charge in [-0.1, -0.05) is 13.0 Å². The van der Waals surface area contributed by atoms with Crippen LogP contribution in [0.1, 0.15) is 24.8 Å². The number of aliphatic hydroxyl groups excluding tert-OH is 1. The summed E-state index contributed by atoms with van der Waals surface area (Å²) < 4.78 is 22.3. The number of ether oxygens (including phenoxy) is 4. The van der Waals surface area contributed by atoms with E-state index in [1.165, 1.54) is 0 Å². The van der Waals surface area contributed by atoms with Gasteiger partial charge in [0.25, 0.3) is 0 Å². The summed E-state index contributed by atoms with van der Waals surface area (Å²) in [6.45, 7) is 5.88. The number of carbonyl (C=O) groups is 1. The molecule has 3 aliphatic rings. The summed E-state index contributed by atoms with van der Waals surface area (Å²) in [5, 5.41) is 11.0. The number of benzene rings is 1. The number of aliphatic hydroxyl groups is 1. The predicted molar refractivity (Wildman–Crippen MR) is 98.2 cm³/mol. The number of methoxy groups -OCH3 is 2. The van der Waals surface area contributed by atoms with Gasteiger partial charge in [-0.2, -0.15) is 0 Å². The molecule has 0 radical (unpaired) electrons. The van der Waals surface area contributed by atoms with Gasteiger partial charge in [0, 0.05) is 13.0 Å². The SMILES string of the molecule is C=CCC1=C[C@@]2(OC)[C@H](C)[C@@H](c3cc(OC)c4c(c3)OCO4)[C@@H](C1=O)[C@H]2O. The number of Topliss-reactive ketones (excluding diaryl/α,β-unsaturated/α-hetero) is 1. The highest BCUT2D eigenvalue weighted by Crippen LogP contribution is 2.57. The van der Waals surface area contributed by atoms with Crippen LogP contribution in [0.25, 0.3) is 0 Å². The first kappa shape index (κ1) is 18.1. The van der Waals surface area contributed by atoms with Crippen LogP contribution in [-0.2, 0) is 9.53 Å². The van der Waals surface area contributed by atoms with E-state index in [2.05, 4.69) is 6.58 Å². The van der Waals surface area contributed by atoms with Crippen LogP contribution in [0, 0.1) is 11.8 Å². The summed E-state index contributed by atoms with van der Waals surface area (Å²) in [6, 6.07) is 3.75. The molecule has 0 aromatic heterocycles.